The smallest absolute Gasteiger partial charge is 0.0554 e. The normalized spacial score (nSPS) is 11.8. The van der Waals surface area contributed by atoms with E-state index in [2.05, 4.69) is 181 Å². The first kappa shape index (κ1) is 29.9. The van der Waals surface area contributed by atoms with E-state index < -0.39 is 0 Å². The lowest BCUT2D eigenvalue weighted by atomic mass is 10.0. The van der Waals surface area contributed by atoms with E-state index in [0.717, 1.165) is 11.4 Å². The fourth-order valence-corrected chi connectivity index (χ4v) is 11.1. The highest BCUT2D eigenvalue weighted by atomic mass is 32.1. The lowest BCUT2D eigenvalue weighted by molar-refractivity contribution is 1.30. The lowest BCUT2D eigenvalue weighted by Gasteiger charge is -2.27. The average molecular weight is 716 g/mol. The average Bonchev–Trinajstić information content (AvgIpc) is 3.89. The number of fused-ring (bicyclic) bond motifs is 9. The SMILES string of the molecule is c1ccc2c(c1)sc1cc(-c3ccc(N(c4ccc(-c5ccc6sc7ccccc7c6c5)cc4)c4cccc5sc6ccccc6c45)cc3)ccc12. The molecule has 0 aliphatic carbocycles. The van der Waals surface area contributed by atoms with Crippen LogP contribution in [0.5, 0.6) is 0 Å². The van der Waals surface area contributed by atoms with Crippen molar-refractivity contribution in [1.82, 2.24) is 0 Å². The summed E-state index contributed by atoms with van der Waals surface area (Å²) in [6.45, 7) is 0. The largest absolute Gasteiger partial charge is 0.310 e. The maximum Gasteiger partial charge on any atom is 0.0554 e. The minimum Gasteiger partial charge on any atom is -0.310 e. The second-order valence-electron chi connectivity index (χ2n) is 13.3. The van der Waals surface area contributed by atoms with Crippen LogP contribution in [0, 0.1) is 0 Å². The maximum atomic E-state index is 2.43. The Balaban J connectivity index is 1.03. The van der Waals surface area contributed by atoms with Crippen molar-refractivity contribution in [3.05, 3.63) is 176 Å². The molecule has 0 atom stereocenters. The highest BCUT2D eigenvalue weighted by molar-refractivity contribution is 7.26. The van der Waals surface area contributed by atoms with Crippen LogP contribution in [0.1, 0.15) is 0 Å². The van der Waals surface area contributed by atoms with E-state index >= 15 is 0 Å². The summed E-state index contributed by atoms with van der Waals surface area (Å²) in [5.41, 5.74) is 8.36. The Hall–Kier alpha value is -5.78. The molecule has 0 saturated heterocycles. The molecular weight excluding hydrogens is 687 g/mol. The highest BCUT2D eigenvalue weighted by Crippen LogP contribution is 2.46. The van der Waals surface area contributed by atoms with Gasteiger partial charge in [-0.15, -0.1) is 34.0 Å². The summed E-state index contributed by atoms with van der Waals surface area (Å²) in [5.74, 6) is 0. The molecule has 4 heteroatoms. The second kappa shape index (κ2) is 11.9. The molecule has 3 aromatic heterocycles. The van der Waals surface area contributed by atoms with E-state index in [1.807, 2.05) is 34.0 Å². The number of nitrogens with zero attached hydrogens (tertiary/aromatic N) is 1. The maximum absolute atomic E-state index is 2.43. The monoisotopic (exact) mass is 715 g/mol. The fourth-order valence-electron chi connectivity index (χ4n) is 7.79. The fraction of sp³-hybridized carbons (Fsp3) is 0. The Bertz CT molecular complexity index is 3130. The molecule has 0 radical (unpaired) electrons. The Morgan fingerprint density at radius 2 is 0.750 bits per heavy atom. The quantitative estimate of drug-likeness (QED) is 0.171. The third-order valence-electron chi connectivity index (χ3n) is 10.3. The first-order chi connectivity index (χ1) is 25.7. The molecule has 3 heterocycles. The Morgan fingerprint density at radius 3 is 1.44 bits per heavy atom. The van der Waals surface area contributed by atoms with Crippen LogP contribution >= 0.6 is 34.0 Å². The number of thiophene rings is 3. The van der Waals surface area contributed by atoms with Gasteiger partial charge in [-0.25, -0.2) is 0 Å². The van der Waals surface area contributed by atoms with Crippen LogP contribution in [0.15, 0.2) is 176 Å². The first-order valence-electron chi connectivity index (χ1n) is 17.5. The molecule has 0 amide bonds. The molecule has 0 saturated carbocycles. The van der Waals surface area contributed by atoms with Crippen molar-refractivity contribution >= 4 is 112 Å². The number of hydrogen-bond acceptors (Lipinski definition) is 4. The van der Waals surface area contributed by atoms with Crippen LogP contribution in [-0.2, 0) is 0 Å². The molecule has 244 valence electrons. The predicted molar refractivity (Wildman–Crippen MR) is 231 cm³/mol. The topological polar surface area (TPSA) is 3.24 Å². The number of benzene rings is 8. The van der Waals surface area contributed by atoms with Crippen LogP contribution in [0.25, 0.3) is 82.8 Å². The third kappa shape index (κ3) is 4.80. The van der Waals surface area contributed by atoms with Gasteiger partial charge in [0.2, 0.25) is 0 Å². The summed E-state index contributed by atoms with van der Waals surface area (Å²) in [7, 11) is 0. The van der Waals surface area contributed by atoms with E-state index in [0.29, 0.717) is 0 Å². The molecule has 0 N–H and O–H groups in total. The molecular formula is C48H29NS3. The molecule has 8 aromatic carbocycles. The van der Waals surface area contributed by atoms with Gasteiger partial charge in [-0.2, -0.15) is 0 Å². The highest BCUT2D eigenvalue weighted by Gasteiger charge is 2.19. The van der Waals surface area contributed by atoms with Gasteiger partial charge < -0.3 is 4.90 Å². The van der Waals surface area contributed by atoms with Crippen molar-refractivity contribution in [2.75, 3.05) is 4.90 Å². The van der Waals surface area contributed by atoms with Crippen LogP contribution in [0.3, 0.4) is 0 Å². The lowest BCUT2D eigenvalue weighted by Crippen LogP contribution is -2.10. The zero-order valence-electron chi connectivity index (χ0n) is 27.9. The molecule has 11 aromatic rings. The van der Waals surface area contributed by atoms with Crippen molar-refractivity contribution in [1.29, 1.82) is 0 Å². The van der Waals surface area contributed by atoms with Gasteiger partial charge in [0.25, 0.3) is 0 Å². The Kier molecular flexibility index (Phi) is 6.84. The summed E-state index contributed by atoms with van der Waals surface area (Å²) in [6, 6.07) is 64.9. The molecule has 52 heavy (non-hydrogen) atoms. The van der Waals surface area contributed by atoms with Crippen LogP contribution in [0.4, 0.5) is 17.1 Å². The Morgan fingerprint density at radius 1 is 0.288 bits per heavy atom. The molecule has 1 nitrogen and oxygen atoms in total. The van der Waals surface area contributed by atoms with Crippen molar-refractivity contribution in [2.45, 2.75) is 0 Å². The molecule has 0 aliphatic heterocycles. The van der Waals surface area contributed by atoms with Gasteiger partial charge in [0, 0.05) is 71.9 Å². The van der Waals surface area contributed by atoms with E-state index in [9.17, 15) is 0 Å². The van der Waals surface area contributed by atoms with Gasteiger partial charge >= 0.3 is 0 Å². The standard InChI is InChI=1S/C48H29NS3/c1-4-12-42-36(8-1)38-26-20-33(29-47(38)52-42)31-18-24-35(25-19-31)49(41-11-7-15-46-48(41)39-10-3-6-14-44(39)51-46)34-22-16-30(17-23-34)32-21-27-45-40(28-32)37-9-2-5-13-43(37)50-45/h1-29H. The van der Waals surface area contributed by atoms with Crippen LogP contribution < -0.4 is 4.90 Å². The van der Waals surface area contributed by atoms with Gasteiger partial charge in [0.15, 0.2) is 0 Å². The van der Waals surface area contributed by atoms with Gasteiger partial charge in [0.05, 0.1) is 5.69 Å². The number of anilines is 3. The van der Waals surface area contributed by atoms with E-state index in [-0.39, 0.29) is 0 Å². The third-order valence-corrected chi connectivity index (χ3v) is 13.7. The predicted octanol–water partition coefficient (Wildman–Crippen LogP) is 15.6. The summed E-state index contributed by atoms with van der Waals surface area (Å²) >= 11 is 5.60. The zero-order valence-corrected chi connectivity index (χ0v) is 30.4. The summed E-state index contributed by atoms with van der Waals surface area (Å²) < 4.78 is 7.93. The molecule has 0 fully saturated rings. The molecule has 11 rings (SSSR count). The van der Waals surface area contributed by atoms with Crippen molar-refractivity contribution < 1.29 is 0 Å². The zero-order chi connectivity index (χ0) is 34.2. The first-order valence-corrected chi connectivity index (χ1v) is 19.9. The minimum atomic E-state index is 1.13. The van der Waals surface area contributed by atoms with Crippen LogP contribution in [-0.4, -0.2) is 0 Å². The van der Waals surface area contributed by atoms with Gasteiger partial charge in [-0.05, 0) is 95.1 Å². The number of hydrogen-bond donors (Lipinski definition) is 0. The summed E-state index contributed by atoms with van der Waals surface area (Å²) in [6.07, 6.45) is 0. The van der Waals surface area contributed by atoms with Crippen molar-refractivity contribution in [3.63, 3.8) is 0 Å². The second-order valence-corrected chi connectivity index (χ2v) is 16.5. The number of rotatable bonds is 5. The van der Waals surface area contributed by atoms with Gasteiger partial charge in [-0.3, -0.25) is 0 Å². The molecule has 0 aliphatic rings. The van der Waals surface area contributed by atoms with E-state index in [1.165, 1.54) is 88.5 Å². The van der Waals surface area contributed by atoms with E-state index in [4.69, 9.17) is 0 Å². The van der Waals surface area contributed by atoms with E-state index in [1.54, 1.807) is 0 Å². The Labute approximate surface area is 312 Å². The van der Waals surface area contributed by atoms with Gasteiger partial charge in [0.1, 0.15) is 0 Å². The molecule has 0 unspecified atom stereocenters. The van der Waals surface area contributed by atoms with Gasteiger partial charge in [-0.1, -0.05) is 103 Å². The van der Waals surface area contributed by atoms with Crippen molar-refractivity contribution in [3.8, 4) is 22.3 Å². The van der Waals surface area contributed by atoms with Crippen molar-refractivity contribution in [2.24, 2.45) is 0 Å². The molecule has 0 spiro atoms. The summed E-state index contributed by atoms with van der Waals surface area (Å²) in [4.78, 5) is 2.43. The molecule has 0 bridgehead atoms. The summed E-state index contributed by atoms with van der Waals surface area (Å²) in [5, 5.41) is 7.91. The minimum absolute atomic E-state index is 1.13. The van der Waals surface area contributed by atoms with Crippen LogP contribution in [0.2, 0.25) is 0 Å².